The van der Waals surface area contributed by atoms with E-state index in [0.717, 1.165) is 7.11 Å². The molecule has 13 heavy (non-hydrogen) atoms. The van der Waals surface area contributed by atoms with Gasteiger partial charge in [-0.25, -0.2) is 0 Å². The molecule has 0 saturated heterocycles. The fraction of sp³-hybridized carbons (Fsp3) is 0.250. The summed E-state index contributed by atoms with van der Waals surface area (Å²) in [5.74, 6) is 0. The van der Waals surface area contributed by atoms with Gasteiger partial charge in [-0.2, -0.15) is 8.42 Å². The van der Waals surface area contributed by atoms with Crippen LogP contribution in [0.15, 0.2) is 23.1 Å². The van der Waals surface area contributed by atoms with Gasteiger partial charge in [-0.05, 0) is 24.6 Å². The van der Waals surface area contributed by atoms with Gasteiger partial charge in [0.1, 0.15) is 0 Å². The lowest BCUT2D eigenvalue weighted by atomic mass is 10.2. The van der Waals surface area contributed by atoms with E-state index in [0.29, 0.717) is 11.3 Å². The average molecular weight is 201 g/mol. The summed E-state index contributed by atoms with van der Waals surface area (Å²) < 4.78 is 27.0. The van der Waals surface area contributed by atoms with E-state index in [1.807, 2.05) is 0 Å². The van der Waals surface area contributed by atoms with Crippen LogP contribution in [0.2, 0.25) is 0 Å². The van der Waals surface area contributed by atoms with Crippen molar-refractivity contribution in [1.82, 2.24) is 0 Å². The SMILES string of the molecule is COS(=O)(=O)c1cc(N)ccc1C. The van der Waals surface area contributed by atoms with Gasteiger partial charge in [0.2, 0.25) is 0 Å². The Labute approximate surface area is 77.4 Å². The normalized spacial score (nSPS) is 11.5. The number of anilines is 1. The minimum Gasteiger partial charge on any atom is -0.399 e. The monoisotopic (exact) mass is 201 g/mol. The molecular formula is C8H11NO3S. The quantitative estimate of drug-likeness (QED) is 0.570. The van der Waals surface area contributed by atoms with Crippen molar-refractivity contribution in [2.45, 2.75) is 11.8 Å². The minimum atomic E-state index is -3.63. The van der Waals surface area contributed by atoms with Crippen LogP contribution in [0.5, 0.6) is 0 Å². The second kappa shape index (κ2) is 3.35. The van der Waals surface area contributed by atoms with Crippen molar-refractivity contribution in [1.29, 1.82) is 0 Å². The molecule has 0 aliphatic carbocycles. The average Bonchev–Trinajstić information content (AvgIpc) is 2.09. The van der Waals surface area contributed by atoms with Gasteiger partial charge >= 0.3 is 0 Å². The third-order valence-electron chi connectivity index (χ3n) is 1.70. The summed E-state index contributed by atoms with van der Waals surface area (Å²) in [5.41, 5.74) is 6.48. The number of rotatable bonds is 2. The van der Waals surface area contributed by atoms with Crippen molar-refractivity contribution >= 4 is 15.8 Å². The molecule has 2 N–H and O–H groups in total. The van der Waals surface area contributed by atoms with E-state index in [4.69, 9.17) is 5.73 Å². The summed E-state index contributed by atoms with van der Waals surface area (Å²) >= 11 is 0. The molecule has 72 valence electrons. The van der Waals surface area contributed by atoms with Gasteiger partial charge in [0.15, 0.2) is 0 Å². The second-order valence-electron chi connectivity index (χ2n) is 2.65. The number of benzene rings is 1. The maximum absolute atomic E-state index is 11.3. The van der Waals surface area contributed by atoms with E-state index in [1.54, 1.807) is 19.1 Å². The van der Waals surface area contributed by atoms with Crippen LogP contribution in [0.1, 0.15) is 5.56 Å². The Kier molecular flexibility index (Phi) is 2.58. The van der Waals surface area contributed by atoms with Crippen molar-refractivity contribution in [3.63, 3.8) is 0 Å². The zero-order valence-corrected chi connectivity index (χ0v) is 8.26. The third-order valence-corrected chi connectivity index (χ3v) is 3.12. The first-order chi connectivity index (χ1) is 5.97. The number of hydrogen-bond donors (Lipinski definition) is 1. The predicted octanol–water partition coefficient (Wildman–Crippen LogP) is 0.912. The number of aryl methyl sites for hydroxylation is 1. The van der Waals surface area contributed by atoms with E-state index < -0.39 is 10.1 Å². The molecule has 0 radical (unpaired) electrons. The van der Waals surface area contributed by atoms with Gasteiger partial charge in [0.25, 0.3) is 10.1 Å². The molecule has 1 rings (SSSR count). The summed E-state index contributed by atoms with van der Waals surface area (Å²) in [6.07, 6.45) is 0. The van der Waals surface area contributed by atoms with Gasteiger partial charge in [-0.15, -0.1) is 0 Å². The Bertz CT molecular complexity index is 411. The van der Waals surface area contributed by atoms with E-state index in [2.05, 4.69) is 4.18 Å². The number of nitrogen functional groups attached to an aromatic ring is 1. The van der Waals surface area contributed by atoms with E-state index in [-0.39, 0.29) is 4.90 Å². The van der Waals surface area contributed by atoms with Crippen molar-refractivity contribution in [3.8, 4) is 0 Å². The first-order valence-corrected chi connectivity index (χ1v) is 5.05. The Morgan fingerprint density at radius 1 is 1.38 bits per heavy atom. The molecular weight excluding hydrogens is 190 g/mol. The molecule has 0 aliphatic rings. The van der Waals surface area contributed by atoms with Gasteiger partial charge in [-0.3, -0.25) is 4.18 Å². The van der Waals surface area contributed by atoms with Crippen molar-refractivity contribution in [2.24, 2.45) is 0 Å². The van der Waals surface area contributed by atoms with Gasteiger partial charge in [0.05, 0.1) is 12.0 Å². The molecule has 0 fully saturated rings. The highest BCUT2D eigenvalue weighted by Gasteiger charge is 2.15. The summed E-state index contributed by atoms with van der Waals surface area (Å²) in [4.78, 5) is 0.120. The molecule has 0 atom stereocenters. The van der Waals surface area contributed by atoms with Crippen LogP contribution >= 0.6 is 0 Å². The summed E-state index contributed by atoms with van der Waals surface area (Å²) in [5, 5.41) is 0. The number of hydrogen-bond acceptors (Lipinski definition) is 4. The first kappa shape index (κ1) is 10.0. The van der Waals surface area contributed by atoms with Crippen LogP contribution in [0.25, 0.3) is 0 Å². The Hall–Kier alpha value is -1.07. The topological polar surface area (TPSA) is 69.4 Å². The highest BCUT2D eigenvalue weighted by Crippen LogP contribution is 2.19. The summed E-state index contributed by atoms with van der Waals surface area (Å²) in [6.45, 7) is 1.69. The zero-order valence-electron chi connectivity index (χ0n) is 7.44. The molecule has 0 aromatic heterocycles. The lowest BCUT2D eigenvalue weighted by Crippen LogP contribution is -2.05. The minimum absolute atomic E-state index is 0.120. The summed E-state index contributed by atoms with van der Waals surface area (Å²) in [6, 6.07) is 4.67. The lowest BCUT2D eigenvalue weighted by Gasteiger charge is -2.05. The lowest BCUT2D eigenvalue weighted by molar-refractivity contribution is 0.397. The Balaban J connectivity index is 3.38. The van der Waals surface area contributed by atoms with Crippen LogP contribution < -0.4 is 5.73 Å². The zero-order chi connectivity index (χ0) is 10.1. The molecule has 0 unspecified atom stereocenters. The largest absolute Gasteiger partial charge is 0.399 e. The highest BCUT2D eigenvalue weighted by molar-refractivity contribution is 7.86. The van der Waals surface area contributed by atoms with E-state index in [1.165, 1.54) is 6.07 Å². The van der Waals surface area contributed by atoms with Crippen molar-refractivity contribution in [2.75, 3.05) is 12.8 Å². The Morgan fingerprint density at radius 3 is 2.54 bits per heavy atom. The smallest absolute Gasteiger partial charge is 0.297 e. The second-order valence-corrected chi connectivity index (χ2v) is 4.33. The van der Waals surface area contributed by atoms with Crippen LogP contribution in [-0.2, 0) is 14.3 Å². The van der Waals surface area contributed by atoms with Crippen LogP contribution in [0, 0.1) is 6.92 Å². The summed E-state index contributed by atoms with van der Waals surface area (Å²) in [7, 11) is -2.51. The first-order valence-electron chi connectivity index (χ1n) is 3.64. The molecule has 0 aliphatic heterocycles. The molecule has 1 aromatic rings. The van der Waals surface area contributed by atoms with Gasteiger partial charge in [-0.1, -0.05) is 6.07 Å². The fourth-order valence-corrected chi connectivity index (χ4v) is 1.90. The molecule has 0 heterocycles. The Morgan fingerprint density at radius 2 is 2.00 bits per heavy atom. The predicted molar refractivity (Wildman–Crippen MR) is 49.8 cm³/mol. The molecule has 0 saturated carbocycles. The maximum atomic E-state index is 11.3. The van der Waals surface area contributed by atoms with E-state index >= 15 is 0 Å². The standard InChI is InChI=1S/C8H11NO3S/c1-6-3-4-7(9)5-8(6)13(10,11)12-2/h3-5H,9H2,1-2H3. The van der Waals surface area contributed by atoms with Crippen LogP contribution in [0.4, 0.5) is 5.69 Å². The molecule has 0 bridgehead atoms. The molecule has 0 amide bonds. The maximum Gasteiger partial charge on any atom is 0.297 e. The number of nitrogens with two attached hydrogens (primary N) is 1. The van der Waals surface area contributed by atoms with Crippen molar-refractivity contribution in [3.05, 3.63) is 23.8 Å². The molecule has 0 spiro atoms. The van der Waals surface area contributed by atoms with Crippen LogP contribution in [-0.4, -0.2) is 15.5 Å². The fourth-order valence-electron chi connectivity index (χ4n) is 0.976. The van der Waals surface area contributed by atoms with Gasteiger partial charge in [0, 0.05) is 5.69 Å². The van der Waals surface area contributed by atoms with Crippen molar-refractivity contribution < 1.29 is 12.6 Å². The molecule has 5 heteroatoms. The highest BCUT2D eigenvalue weighted by atomic mass is 32.2. The van der Waals surface area contributed by atoms with Gasteiger partial charge < -0.3 is 5.73 Å². The molecule has 4 nitrogen and oxygen atoms in total. The third kappa shape index (κ3) is 1.99. The van der Waals surface area contributed by atoms with E-state index in [9.17, 15) is 8.42 Å². The molecule has 1 aromatic carbocycles. The van der Waals surface area contributed by atoms with Crippen LogP contribution in [0.3, 0.4) is 0 Å².